The highest BCUT2D eigenvalue weighted by Crippen LogP contribution is 2.65. The molecule has 0 heterocycles. The van der Waals surface area contributed by atoms with Crippen LogP contribution < -0.4 is 0 Å². The maximum absolute atomic E-state index is 11.3. The summed E-state index contributed by atoms with van der Waals surface area (Å²) >= 11 is 0. The van der Waals surface area contributed by atoms with E-state index in [4.69, 9.17) is 0 Å². The van der Waals surface area contributed by atoms with Gasteiger partial charge in [0.25, 0.3) is 0 Å². The summed E-state index contributed by atoms with van der Waals surface area (Å²) in [4.78, 5) is 11.3. The molecule has 2 atom stereocenters. The van der Waals surface area contributed by atoms with E-state index in [0.717, 1.165) is 30.3 Å². The Morgan fingerprint density at radius 1 is 1.31 bits per heavy atom. The maximum Gasteiger partial charge on any atom is 0.155 e. The Hall–Kier alpha value is -0.590. The number of carbonyl (C=O) groups excluding carboxylic acids is 1. The predicted octanol–water partition coefficient (Wildman–Crippen LogP) is 2.96. The molecule has 2 rings (SSSR count). The van der Waals surface area contributed by atoms with E-state index in [1.54, 1.807) is 6.92 Å². The van der Waals surface area contributed by atoms with E-state index in [2.05, 4.69) is 20.8 Å². The summed E-state index contributed by atoms with van der Waals surface area (Å²) in [6.45, 7) is 8.49. The van der Waals surface area contributed by atoms with E-state index in [9.17, 15) is 4.79 Å². The molecule has 2 aliphatic carbocycles. The number of ketones is 1. The SMILES string of the molecule is CC(=O)C1=C(C)CC2C(C1)C2(C)C. The second-order valence-corrected chi connectivity index (χ2v) is 5.26. The van der Waals surface area contributed by atoms with E-state index in [1.807, 2.05) is 0 Å². The van der Waals surface area contributed by atoms with Crippen molar-refractivity contribution >= 4 is 5.78 Å². The smallest absolute Gasteiger partial charge is 0.155 e. The molecule has 0 saturated heterocycles. The van der Waals surface area contributed by atoms with Crippen molar-refractivity contribution in [3.63, 3.8) is 0 Å². The molecular weight excluding hydrogens is 160 g/mol. The van der Waals surface area contributed by atoms with E-state index < -0.39 is 0 Å². The van der Waals surface area contributed by atoms with Crippen LogP contribution in [0.25, 0.3) is 0 Å². The van der Waals surface area contributed by atoms with Gasteiger partial charge >= 0.3 is 0 Å². The van der Waals surface area contributed by atoms with E-state index in [-0.39, 0.29) is 0 Å². The van der Waals surface area contributed by atoms with Crippen LogP contribution in [-0.4, -0.2) is 5.78 Å². The molecule has 0 spiro atoms. The first-order chi connectivity index (χ1) is 5.94. The summed E-state index contributed by atoms with van der Waals surface area (Å²) in [7, 11) is 0. The molecular formula is C12H18O. The van der Waals surface area contributed by atoms with Crippen LogP contribution >= 0.6 is 0 Å². The van der Waals surface area contributed by atoms with Gasteiger partial charge in [0.15, 0.2) is 5.78 Å². The van der Waals surface area contributed by atoms with Crippen molar-refractivity contribution in [2.45, 2.75) is 40.5 Å². The molecule has 1 nitrogen and oxygen atoms in total. The predicted molar refractivity (Wildman–Crippen MR) is 53.4 cm³/mol. The van der Waals surface area contributed by atoms with Crippen LogP contribution in [0, 0.1) is 17.3 Å². The highest BCUT2D eigenvalue weighted by molar-refractivity contribution is 5.94. The van der Waals surface area contributed by atoms with E-state index >= 15 is 0 Å². The zero-order chi connectivity index (χ0) is 9.80. The van der Waals surface area contributed by atoms with Gasteiger partial charge in [-0.05, 0) is 49.5 Å². The Bertz CT molecular complexity index is 296. The standard InChI is InChI=1S/C12H18O/c1-7-5-10-11(12(10,3)4)6-9(7)8(2)13/h10-11H,5-6H2,1-4H3. The largest absolute Gasteiger partial charge is 0.295 e. The van der Waals surface area contributed by atoms with Crippen LogP contribution in [0.1, 0.15) is 40.5 Å². The number of Topliss-reactive ketones (excluding diaryl/α,β-unsaturated/α-hetero) is 1. The number of rotatable bonds is 1. The molecule has 0 bridgehead atoms. The van der Waals surface area contributed by atoms with Gasteiger partial charge in [0.1, 0.15) is 0 Å². The van der Waals surface area contributed by atoms with Crippen LogP contribution in [0.3, 0.4) is 0 Å². The van der Waals surface area contributed by atoms with Gasteiger partial charge in [0, 0.05) is 0 Å². The zero-order valence-electron chi connectivity index (χ0n) is 8.98. The number of hydrogen-bond acceptors (Lipinski definition) is 1. The van der Waals surface area contributed by atoms with Gasteiger partial charge in [-0.2, -0.15) is 0 Å². The number of carbonyl (C=O) groups is 1. The van der Waals surface area contributed by atoms with Crippen molar-refractivity contribution in [3.05, 3.63) is 11.1 Å². The molecule has 2 unspecified atom stereocenters. The fraction of sp³-hybridized carbons (Fsp3) is 0.750. The summed E-state index contributed by atoms with van der Waals surface area (Å²) in [6.07, 6.45) is 2.20. The summed E-state index contributed by atoms with van der Waals surface area (Å²) in [5, 5.41) is 0. The zero-order valence-corrected chi connectivity index (χ0v) is 8.98. The maximum atomic E-state index is 11.3. The molecule has 0 amide bonds. The lowest BCUT2D eigenvalue weighted by Gasteiger charge is -2.13. The third-order valence-electron chi connectivity index (χ3n) is 4.18. The normalized spacial score (nSPS) is 35.7. The van der Waals surface area contributed by atoms with Crippen molar-refractivity contribution < 1.29 is 4.79 Å². The van der Waals surface area contributed by atoms with Gasteiger partial charge < -0.3 is 0 Å². The molecule has 0 aromatic heterocycles. The van der Waals surface area contributed by atoms with Crippen LogP contribution in [-0.2, 0) is 4.79 Å². The lowest BCUT2D eigenvalue weighted by molar-refractivity contribution is -0.113. The van der Waals surface area contributed by atoms with Gasteiger partial charge in [-0.1, -0.05) is 19.4 Å². The van der Waals surface area contributed by atoms with Crippen molar-refractivity contribution in [1.29, 1.82) is 0 Å². The summed E-state index contributed by atoms with van der Waals surface area (Å²) in [5.74, 6) is 1.93. The highest BCUT2D eigenvalue weighted by Gasteiger charge is 2.58. The molecule has 0 aliphatic heterocycles. The molecule has 0 radical (unpaired) electrons. The second-order valence-electron chi connectivity index (χ2n) is 5.26. The quantitative estimate of drug-likeness (QED) is 0.603. The molecule has 0 aromatic carbocycles. The fourth-order valence-corrected chi connectivity index (χ4v) is 2.96. The minimum Gasteiger partial charge on any atom is -0.295 e. The summed E-state index contributed by atoms with van der Waals surface area (Å²) in [5.41, 5.74) is 2.96. The Kier molecular flexibility index (Phi) is 1.70. The van der Waals surface area contributed by atoms with Gasteiger partial charge in [-0.15, -0.1) is 0 Å². The first-order valence-corrected chi connectivity index (χ1v) is 5.14. The molecule has 0 N–H and O–H groups in total. The summed E-state index contributed by atoms with van der Waals surface area (Å²) in [6, 6.07) is 0. The molecule has 2 aliphatic rings. The van der Waals surface area contributed by atoms with Gasteiger partial charge in [-0.3, -0.25) is 4.79 Å². The average Bonchev–Trinajstić information content (AvgIpc) is 2.52. The van der Waals surface area contributed by atoms with Gasteiger partial charge in [0.05, 0.1) is 0 Å². The molecule has 1 fully saturated rings. The number of fused-ring (bicyclic) bond motifs is 1. The molecule has 0 aromatic rings. The Morgan fingerprint density at radius 3 is 2.38 bits per heavy atom. The summed E-state index contributed by atoms with van der Waals surface area (Å²) < 4.78 is 0. The average molecular weight is 178 g/mol. The molecule has 13 heavy (non-hydrogen) atoms. The Labute approximate surface area is 80.2 Å². The van der Waals surface area contributed by atoms with Crippen LogP contribution in [0.2, 0.25) is 0 Å². The number of hydrogen-bond donors (Lipinski definition) is 0. The third kappa shape index (κ3) is 1.17. The van der Waals surface area contributed by atoms with Crippen LogP contribution in [0.4, 0.5) is 0 Å². The second kappa shape index (κ2) is 2.46. The van der Waals surface area contributed by atoms with Crippen molar-refractivity contribution in [2.75, 3.05) is 0 Å². The van der Waals surface area contributed by atoms with Crippen molar-refractivity contribution in [2.24, 2.45) is 17.3 Å². The lowest BCUT2D eigenvalue weighted by atomic mass is 9.91. The third-order valence-corrected chi connectivity index (χ3v) is 4.18. The Balaban J connectivity index is 2.21. The molecule has 72 valence electrons. The molecule has 1 heteroatoms. The highest BCUT2D eigenvalue weighted by atomic mass is 16.1. The fourth-order valence-electron chi connectivity index (χ4n) is 2.96. The van der Waals surface area contributed by atoms with Crippen LogP contribution in [0.15, 0.2) is 11.1 Å². The van der Waals surface area contributed by atoms with Crippen molar-refractivity contribution in [3.8, 4) is 0 Å². The van der Waals surface area contributed by atoms with Crippen LogP contribution in [0.5, 0.6) is 0 Å². The first-order valence-electron chi connectivity index (χ1n) is 5.14. The number of allylic oxidation sites excluding steroid dienone is 2. The lowest BCUT2D eigenvalue weighted by Crippen LogP contribution is -2.07. The van der Waals surface area contributed by atoms with Crippen molar-refractivity contribution in [1.82, 2.24) is 0 Å². The Morgan fingerprint density at radius 2 is 1.85 bits per heavy atom. The minimum absolute atomic E-state index is 0.290. The van der Waals surface area contributed by atoms with E-state index in [1.165, 1.54) is 5.57 Å². The van der Waals surface area contributed by atoms with Gasteiger partial charge in [0.2, 0.25) is 0 Å². The van der Waals surface area contributed by atoms with Gasteiger partial charge in [-0.25, -0.2) is 0 Å². The van der Waals surface area contributed by atoms with E-state index in [0.29, 0.717) is 11.2 Å². The monoisotopic (exact) mass is 178 g/mol. The first kappa shape index (κ1) is 8.98. The minimum atomic E-state index is 0.290. The topological polar surface area (TPSA) is 17.1 Å². The molecule has 1 saturated carbocycles.